The zero-order chi connectivity index (χ0) is 56.4. The maximum Gasteiger partial charge on any atom is 0.305 e. The lowest BCUT2D eigenvalue weighted by atomic mass is 10.0. The Morgan fingerprint density at radius 2 is 0.603 bits per heavy atom. The Bertz CT molecular complexity index is 1180. The molecule has 0 rings (SSSR count). The van der Waals surface area contributed by atoms with Gasteiger partial charge in [-0.1, -0.05) is 360 Å². The molecule has 0 spiro atoms. The summed E-state index contributed by atoms with van der Waals surface area (Å²) in [4.78, 5) is 24.6. The number of esters is 1. The molecule has 0 radical (unpaired) electrons. The van der Waals surface area contributed by atoms with Crippen LogP contribution in [0.5, 0.6) is 0 Å². The maximum atomic E-state index is 12.6. The van der Waals surface area contributed by atoms with E-state index in [2.05, 4.69) is 31.3 Å². The smallest absolute Gasteiger partial charge is 0.305 e. The zero-order valence-electron chi connectivity index (χ0n) is 53.2. The number of carbonyl (C=O) groups is 2. The SMILES string of the molecule is CCCCC/C=C\CCCCCCCC(=O)OCCCCCCCCCCCCCCCCCCCCCCCCCCCCC(=O)NC(CO)C(O)CCCCCCCCCCCCCCCCCCCCCCCCC. The van der Waals surface area contributed by atoms with E-state index in [0.29, 0.717) is 25.9 Å². The summed E-state index contributed by atoms with van der Waals surface area (Å²) in [5.74, 6) is -0.0192. The van der Waals surface area contributed by atoms with Crippen molar-refractivity contribution in [3.05, 3.63) is 12.2 Å². The lowest BCUT2D eigenvalue weighted by Gasteiger charge is -2.22. The number of allylic oxidation sites excluding steroid dienone is 2. The van der Waals surface area contributed by atoms with Crippen molar-refractivity contribution in [1.29, 1.82) is 0 Å². The van der Waals surface area contributed by atoms with Crippen molar-refractivity contribution in [3.63, 3.8) is 0 Å². The number of aliphatic hydroxyl groups excluding tert-OH is 2. The number of carbonyl (C=O) groups excluding carboxylic acids is 2. The average molecular weight is 1100 g/mol. The van der Waals surface area contributed by atoms with Gasteiger partial charge in [0.05, 0.1) is 25.4 Å². The molecule has 0 saturated carbocycles. The summed E-state index contributed by atoms with van der Waals surface area (Å²) in [6.07, 6.45) is 84.1. The Kier molecular flexibility index (Phi) is 66.9. The molecule has 0 saturated heterocycles. The zero-order valence-corrected chi connectivity index (χ0v) is 53.2. The number of aliphatic hydroxyl groups is 2. The lowest BCUT2D eigenvalue weighted by molar-refractivity contribution is -0.143. The van der Waals surface area contributed by atoms with E-state index in [1.165, 1.54) is 334 Å². The van der Waals surface area contributed by atoms with E-state index in [1.54, 1.807) is 0 Å². The minimum Gasteiger partial charge on any atom is -0.466 e. The summed E-state index contributed by atoms with van der Waals surface area (Å²) in [6, 6.07) is -0.540. The van der Waals surface area contributed by atoms with Gasteiger partial charge in [-0.3, -0.25) is 9.59 Å². The van der Waals surface area contributed by atoms with E-state index in [1.807, 2.05) is 0 Å². The second-order valence-corrected chi connectivity index (χ2v) is 24.9. The van der Waals surface area contributed by atoms with E-state index in [9.17, 15) is 19.8 Å². The van der Waals surface area contributed by atoms with Gasteiger partial charge in [-0.05, 0) is 51.4 Å². The molecule has 0 aliphatic rings. The fourth-order valence-corrected chi connectivity index (χ4v) is 11.6. The first-order chi connectivity index (χ1) is 38.5. The summed E-state index contributed by atoms with van der Waals surface area (Å²) >= 11 is 0. The summed E-state index contributed by atoms with van der Waals surface area (Å²) in [7, 11) is 0. The van der Waals surface area contributed by atoms with Crippen LogP contribution >= 0.6 is 0 Å². The first-order valence-electron chi connectivity index (χ1n) is 35.9. The van der Waals surface area contributed by atoms with Crippen LogP contribution < -0.4 is 5.32 Å². The monoisotopic (exact) mass is 1100 g/mol. The third-order valence-electron chi connectivity index (χ3n) is 17.1. The Morgan fingerprint density at radius 1 is 0.346 bits per heavy atom. The van der Waals surface area contributed by atoms with Gasteiger partial charge < -0.3 is 20.3 Å². The molecule has 0 aromatic carbocycles. The average Bonchev–Trinajstić information content (AvgIpc) is 3.44. The highest BCUT2D eigenvalue weighted by Crippen LogP contribution is 2.20. The van der Waals surface area contributed by atoms with Crippen molar-refractivity contribution >= 4 is 11.9 Å². The van der Waals surface area contributed by atoms with Gasteiger partial charge in [0.15, 0.2) is 0 Å². The third-order valence-corrected chi connectivity index (χ3v) is 17.1. The predicted octanol–water partition coefficient (Wildman–Crippen LogP) is 23.1. The minimum atomic E-state index is -0.663. The van der Waals surface area contributed by atoms with Gasteiger partial charge in [-0.25, -0.2) is 0 Å². The van der Waals surface area contributed by atoms with Crippen LogP contribution in [0.1, 0.15) is 412 Å². The van der Waals surface area contributed by atoms with Gasteiger partial charge in [0.1, 0.15) is 0 Å². The van der Waals surface area contributed by atoms with Crippen molar-refractivity contribution in [2.75, 3.05) is 13.2 Å². The minimum absolute atomic E-state index is 0.00823. The van der Waals surface area contributed by atoms with Crippen molar-refractivity contribution in [3.8, 4) is 0 Å². The molecule has 0 fully saturated rings. The van der Waals surface area contributed by atoms with E-state index < -0.39 is 12.1 Å². The maximum absolute atomic E-state index is 12.6. The van der Waals surface area contributed by atoms with Crippen molar-refractivity contribution < 1.29 is 24.5 Å². The highest BCUT2D eigenvalue weighted by atomic mass is 16.5. The Morgan fingerprint density at radius 3 is 0.936 bits per heavy atom. The second-order valence-electron chi connectivity index (χ2n) is 24.9. The van der Waals surface area contributed by atoms with E-state index in [0.717, 1.165) is 44.9 Å². The molecular formula is C72H141NO5. The molecular weight excluding hydrogens is 959 g/mol. The van der Waals surface area contributed by atoms with Crippen LogP contribution in [0.25, 0.3) is 0 Å². The summed E-state index contributed by atoms with van der Waals surface area (Å²) in [5, 5.41) is 23.4. The first kappa shape index (κ1) is 76.6. The normalized spacial score (nSPS) is 12.5. The fraction of sp³-hybridized carbons (Fsp3) is 0.944. The largest absolute Gasteiger partial charge is 0.466 e. The number of ether oxygens (including phenoxy) is 1. The standard InChI is InChI=1S/C72H141NO5/c1-3-5-7-9-11-13-15-17-18-19-20-21-26-29-32-35-38-41-44-48-52-56-60-64-70(75)69(68-74)73-71(76)65-61-57-53-49-45-42-39-36-33-30-27-24-22-23-25-28-31-34-37-40-43-47-51-55-59-63-67-78-72(77)66-62-58-54-50-46-16-14-12-10-8-6-4-2/h12,14,69-70,74-75H,3-11,13,15-68H2,1-2H3,(H,73,76)/b14-12-. The van der Waals surface area contributed by atoms with Gasteiger partial charge in [0.25, 0.3) is 0 Å². The van der Waals surface area contributed by atoms with Crippen LogP contribution in [-0.4, -0.2) is 47.4 Å². The molecule has 0 bridgehead atoms. The molecule has 2 atom stereocenters. The van der Waals surface area contributed by atoms with E-state index in [4.69, 9.17) is 4.74 Å². The fourth-order valence-electron chi connectivity index (χ4n) is 11.6. The summed E-state index contributed by atoms with van der Waals surface area (Å²) in [6.45, 7) is 4.97. The van der Waals surface area contributed by atoms with Gasteiger partial charge in [0.2, 0.25) is 5.91 Å². The van der Waals surface area contributed by atoms with Gasteiger partial charge in [-0.2, -0.15) is 0 Å². The van der Waals surface area contributed by atoms with Crippen molar-refractivity contribution in [2.24, 2.45) is 0 Å². The molecule has 1 amide bonds. The number of nitrogens with one attached hydrogen (secondary N) is 1. The summed E-state index contributed by atoms with van der Waals surface area (Å²) < 4.78 is 5.48. The third kappa shape index (κ3) is 63.8. The molecule has 464 valence electrons. The molecule has 78 heavy (non-hydrogen) atoms. The Labute approximate surface area is 489 Å². The molecule has 6 heteroatoms. The summed E-state index contributed by atoms with van der Waals surface area (Å²) in [5.41, 5.74) is 0. The molecule has 0 aromatic rings. The molecule has 0 aromatic heterocycles. The second kappa shape index (κ2) is 68.1. The number of hydrogen-bond donors (Lipinski definition) is 3. The molecule has 6 nitrogen and oxygen atoms in total. The van der Waals surface area contributed by atoms with E-state index >= 15 is 0 Å². The Hall–Kier alpha value is -1.40. The quantitative estimate of drug-likeness (QED) is 0.0320. The van der Waals surface area contributed by atoms with Crippen molar-refractivity contribution in [1.82, 2.24) is 5.32 Å². The predicted molar refractivity (Wildman–Crippen MR) is 343 cm³/mol. The highest BCUT2D eigenvalue weighted by Gasteiger charge is 2.20. The topological polar surface area (TPSA) is 95.9 Å². The Balaban J connectivity index is 3.36. The van der Waals surface area contributed by atoms with Crippen LogP contribution in [-0.2, 0) is 14.3 Å². The van der Waals surface area contributed by atoms with Crippen LogP contribution in [0.2, 0.25) is 0 Å². The number of rotatable bonds is 68. The van der Waals surface area contributed by atoms with E-state index in [-0.39, 0.29) is 18.5 Å². The first-order valence-corrected chi connectivity index (χ1v) is 35.9. The van der Waals surface area contributed by atoms with Gasteiger partial charge in [-0.15, -0.1) is 0 Å². The van der Waals surface area contributed by atoms with Gasteiger partial charge in [0, 0.05) is 12.8 Å². The van der Waals surface area contributed by atoms with Crippen LogP contribution in [0.4, 0.5) is 0 Å². The van der Waals surface area contributed by atoms with Crippen molar-refractivity contribution in [2.45, 2.75) is 424 Å². The molecule has 0 aliphatic heterocycles. The number of amides is 1. The molecule has 3 N–H and O–H groups in total. The lowest BCUT2D eigenvalue weighted by Crippen LogP contribution is -2.45. The highest BCUT2D eigenvalue weighted by molar-refractivity contribution is 5.76. The molecule has 2 unspecified atom stereocenters. The van der Waals surface area contributed by atoms with Crippen LogP contribution in [0.3, 0.4) is 0 Å². The molecule has 0 heterocycles. The number of hydrogen-bond acceptors (Lipinski definition) is 5. The molecule has 0 aliphatic carbocycles. The number of unbranched alkanes of at least 4 members (excludes halogenated alkanes) is 55. The van der Waals surface area contributed by atoms with Crippen LogP contribution in [0, 0.1) is 0 Å². The van der Waals surface area contributed by atoms with Gasteiger partial charge >= 0.3 is 5.97 Å². The van der Waals surface area contributed by atoms with Crippen LogP contribution in [0.15, 0.2) is 12.2 Å².